The van der Waals surface area contributed by atoms with Gasteiger partial charge in [0.25, 0.3) is 0 Å². The molecule has 0 unspecified atom stereocenters. The van der Waals surface area contributed by atoms with Crippen LogP contribution in [0.3, 0.4) is 0 Å². The van der Waals surface area contributed by atoms with E-state index in [1.165, 1.54) is 23.0 Å². The largest absolute Gasteiger partial charge is 0.427 e. The molecule has 0 radical (unpaired) electrons. The van der Waals surface area contributed by atoms with Gasteiger partial charge in [0, 0.05) is 49.6 Å². The minimum absolute atomic E-state index is 0.136. The Balaban J connectivity index is 1.42. The second-order valence-corrected chi connectivity index (χ2v) is 10.4. The summed E-state index contributed by atoms with van der Waals surface area (Å²) in [7, 11) is 0. The van der Waals surface area contributed by atoms with Crippen LogP contribution in [0.25, 0.3) is 10.8 Å². The van der Waals surface area contributed by atoms with E-state index in [-0.39, 0.29) is 5.41 Å². The summed E-state index contributed by atoms with van der Waals surface area (Å²) in [6.07, 6.45) is 7.45. The molecule has 0 amide bonds. The Morgan fingerprint density at radius 3 is 2.65 bits per heavy atom. The van der Waals surface area contributed by atoms with E-state index in [0.29, 0.717) is 11.8 Å². The van der Waals surface area contributed by atoms with Crippen LogP contribution in [0.5, 0.6) is 0 Å². The van der Waals surface area contributed by atoms with E-state index in [1.54, 1.807) is 0 Å². The van der Waals surface area contributed by atoms with Crippen LogP contribution in [0.2, 0.25) is 0 Å². The molecule has 9 heteroatoms. The van der Waals surface area contributed by atoms with Crippen LogP contribution in [0.15, 0.2) is 47.5 Å². The first-order valence-corrected chi connectivity index (χ1v) is 13.2. The summed E-state index contributed by atoms with van der Waals surface area (Å²) in [6, 6.07) is 8.49. The molecule has 5 rings (SSSR count). The van der Waals surface area contributed by atoms with Crippen LogP contribution in [0.1, 0.15) is 64.8 Å². The molecule has 1 saturated heterocycles. The number of fused-ring (bicyclic) bond motifs is 1. The molecule has 37 heavy (non-hydrogen) atoms. The maximum absolute atomic E-state index is 5.50. The Hall–Kier alpha value is -3.75. The molecule has 1 N–H and O–H groups in total. The standard InChI is InChI=1S/C28H36N8O/c1-6-8-13-35(7-2)27-29-12-11-24(33-27)32-25-14-21-20(19(3)4)9-10-23(22(21)15-30-25)36-16-28(5,17-36)26-34-31-18-37-26/h9-12,14-15,18-19H,6-8,13,16-17H2,1-5H3,(H,29,30,32,33). The zero-order chi connectivity index (χ0) is 26.0. The van der Waals surface area contributed by atoms with Gasteiger partial charge in [-0.1, -0.05) is 33.3 Å². The van der Waals surface area contributed by atoms with Crippen molar-refractivity contribution in [2.45, 2.75) is 58.8 Å². The third-order valence-electron chi connectivity index (χ3n) is 7.18. The fourth-order valence-corrected chi connectivity index (χ4v) is 5.08. The van der Waals surface area contributed by atoms with Crippen LogP contribution in [0, 0.1) is 0 Å². The van der Waals surface area contributed by atoms with E-state index < -0.39 is 0 Å². The Morgan fingerprint density at radius 2 is 1.95 bits per heavy atom. The maximum atomic E-state index is 5.50. The first-order chi connectivity index (χ1) is 17.9. The third-order valence-corrected chi connectivity index (χ3v) is 7.18. The fourth-order valence-electron chi connectivity index (χ4n) is 5.08. The molecule has 0 spiro atoms. The van der Waals surface area contributed by atoms with Crippen molar-refractivity contribution in [3.8, 4) is 0 Å². The molecule has 1 aliphatic rings. The monoisotopic (exact) mass is 500 g/mol. The van der Waals surface area contributed by atoms with Crippen molar-refractivity contribution in [1.82, 2.24) is 25.1 Å². The topological polar surface area (TPSA) is 96.1 Å². The molecule has 0 bridgehead atoms. The SMILES string of the molecule is CCCCN(CC)c1nccc(Nc2cc3c(C(C)C)ccc(N4CC(C)(c5nnco5)C4)c3cn2)n1. The number of hydrogen-bond donors (Lipinski definition) is 1. The van der Waals surface area contributed by atoms with Gasteiger partial charge in [-0.15, -0.1) is 10.2 Å². The highest BCUT2D eigenvalue weighted by atomic mass is 16.4. The number of aromatic nitrogens is 5. The number of rotatable bonds is 10. The van der Waals surface area contributed by atoms with Gasteiger partial charge >= 0.3 is 0 Å². The number of pyridine rings is 1. The van der Waals surface area contributed by atoms with Crippen molar-refractivity contribution in [3.63, 3.8) is 0 Å². The lowest BCUT2D eigenvalue weighted by Gasteiger charge is -2.47. The van der Waals surface area contributed by atoms with E-state index in [0.717, 1.165) is 62.0 Å². The van der Waals surface area contributed by atoms with Crippen molar-refractivity contribution >= 4 is 34.0 Å². The predicted octanol–water partition coefficient (Wildman–Crippen LogP) is 5.68. The Labute approximate surface area is 218 Å². The van der Waals surface area contributed by atoms with Gasteiger partial charge in [-0.25, -0.2) is 9.97 Å². The van der Waals surface area contributed by atoms with Crippen LogP contribution < -0.4 is 15.1 Å². The second-order valence-electron chi connectivity index (χ2n) is 10.4. The van der Waals surface area contributed by atoms with E-state index in [2.05, 4.69) is 83.1 Å². The number of nitrogens with zero attached hydrogens (tertiary/aromatic N) is 7. The van der Waals surface area contributed by atoms with Crippen LogP contribution in [0.4, 0.5) is 23.3 Å². The van der Waals surface area contributed by atoms with Gasteiger partial charge in [-0.2, -0.15) is 4.98 Å². The first-order valence-electron chi connectivity index (χ1n) is 13.2. The van der Waals surface area contributed by atoms with E-state index in [4.69, 9.17) is 14.4 Å². The van der Waals surface area contributed by atoms with Gasteiger partial charge in [-0.3, -0.25) is 0 Å². The normalized spacial score (nSPS) is 14.7. The lowest BCUT2D eigenvalue weighted by Crippen LogP contribution is -2.58. The fraction of sp³-hybridized carbons (Fsp3) is 0.464. The van der Waals surface area contributed by atoms with Gasteiger partial charge in [0.1, 0.15) is 11.6 Å². The average Bonchev–Trinajstić information content (AvgIpc) is 3.42. The predicted molar refractivity (Wildman–Crippen MR) is 148 cm³/mol. The van der Waals surface area contributed by atoms with Crippen LogP contribution in [-0.4, -0.2) is 51.3 Å². The van der Waals surface area contributed by atoms with Crippen molar-refractivity contribution in [3.05, 3.63) is 54.5 Å². The van der Waals surface area contributed by atoms with E-state index in [1.807, 2.05) is 18.5 Å². The summed E-state index contributed by atoms with van der Waals surface area (Å²) in [5.74, 6) is 3.33. The van der Waals surface area contributed by atoms with E-state index in [9.17, 15) is 0 Å². The Bertz CT molecular complexity index is 1350. The lowest BCUT2D eigenvalue weighted by molar-refractivity contribution is 0.283. The molecule has 194 valence electrons. The van der Waals surface area contributed by atoms with Crippen molar-refractivity contribution < 1.29 is 4.42 Å². The third kappa shape index (κ3) is 4.95. The molecule has 0 aliphatic carbocycles. The number of unbranched alkanes of at least 4 members (excludes halogenated alkanes) is 1. The van der Waals surface area contributed by atoms with Crippen molar-refractivity contribution in [1.29, 1.82) is 0 Å². The molecule has 4 aromatic rings. The van der Waals surface area contributed by atoms with Gasteiger partial charge in [0.05, 0.1) is 5.41 Å². The van der Waals surface area contributed by atoms with Gasteiger partial charge in [0.2, 0.25) is 18.2 Å². The zero-order valence-electron chi connectivity index (χ0n) is 22.4. The molecule has 9 nitrogen and oxygen atoms in total. The molecule has 0 saturated carbocycles. The summed E-state index contributed by atoms with van der Waals surface area (Å²) in [5.41, 5.74) is 2.33. The molecule has 3 aromatic heterocycles. The molecule has 4 heterocycles. The zero-order valence-corrected chi connectivity index (χ0v) is 22.4. The molecule has 1 fully saturated rings. The summed E-state index contributed by atoms with van der Waals surface area (Å²) in [4.78, 5) is 18.6. The number of nitrogens with one attached hydrogen (secondary N) is 1. The summed E-state index contributed by atoms with van der Waals surface area (Å²) >= 11 is 0. The average molecular weight is 501 g/mol. The lowest BCUT2D eigenvalue weighted by atomic mass is 9.81. The minimum atomic E-state index is -0.136. The van der Waals surface area contributed by atoms with Crippen LogP contribution >= 0.6 is 0 Å². The minimum Gasteiger partial charge on any atom is -0.427 e. The highest BCUT2D eigenvalue weighted by molar-refractivity contribution is 5.98. The number of hydrogen-bond acceptors (Lipinski definition) is 9. The highest BCUT2D eigenvalue weighted by Crippen LogP contribution is 2.41. The molecular weight excluding hydrogens is 464 g/mol. The number of anilines is 4. The van der Waals surface area contributed by atoms with Crippen molar-refractivity contribution in [2.24, 2.45) is 0 Å². The molecule has 1 aliphatic heterocycles. The Morgan fingerprint density at radius 1 is 1.11 bits per heavy atom. The van der Waals surface area contributed by atoms with Gasteiger partial charge in [-0.05, 0) is 55.3 Å². The second kappa shape index (κ2) is 10.3. The van der Waals surface area contributed by atoms with Crippen molar-refractivity contribution in [2.75, 3.05) is 41.3 Å². The summed E-state index contributed by atoms with van der Waals surface area (Å²) < 4.78 is 5.50. The van der Waals surface area contributed by atoms with Gasteiger partial charge in [0.15, 0.2) is 0 Å². The maximum Gasteiger partial charge on any atom is 0.227 e. The van der Waals surface area contributed by atoms with Gasteiger partial charge < -0.3 is 19.5 Å². The Kier molecular flexibility index (Phi) is 6.95. The molecule has 1 aromatic carbocycles. The summed E-state index contributed by atoms with van der Waals surface area (Å²) in [6.45, 7) is 14.4. The highest BCUT2D eigenvalue weighted by Gasteiger charge is 2.44. The van der Waals surface area contributed by atoms with E-state index >= 15 is 0 Å². The smallest absolute Gasteiger partial charge is 0.227 e. The molecule has 0 atom stereocenters. The first kappa shape index (κ1) is 24.9. The quantitative estimate of drug-likeness (QED) is 0.295. The number of benzene rings is 1. The van der Waals surface area contributed by atoms with Crippen LogP contribution in [-0.2, 0) is 5.41 Å². The summed E-state index contributed by atoms with van der Waals surface area (Å²) in [5, 5.41) is 13.8. The molecular formula is C28H36N8O.